The summed E-state index contributed by atoms with van der Waals surface area (Å²) in [4.78, 5) is 9.95. The van der Waals surface area contributed by atoms with Crippen LogP contribution in [0.5, 0.6) is 0 Å². The van der Waals surface area contributed by atoms with Gasteiger partial charge in [0.25, 0.3) is 0 Å². The molecule has 0 bridgehead atoms. The number of anilines is 1. The van der Waals surface area contributed by atoms with E-state index in [9.17, 15) is 4.79 Å². The molecular weight excluding hydrogens is 114 g/mol. The van der Waals surface area contributed by atoms with E-state index in [0.29, 0.717) is 11.3 Å². The van der Waals surface area contributed by atoms with Crippen LogP contribution in [0.3, 0.4) is 0 Å². The topological polar surface area (TPSA) is 43.1 Å². The first kappa shape index (κ1) is 5.82. The molecule has 2 N–H and O–H groups in total. The van der Waals surface area contributed by atoms with Crippen molar-refractivity contribution in [3.63, 3.8) is 0 Å². The van der Waals surface area contributed by atoms with Crippen LogP contribution < -0.4 is 5.73 Å². The van der Waals surface area contributed by atoms with E-state index < -0.39 is 0 Å². The van der Waals surface area contributed by atoms with Gasteiger partial charge in [-0.1, -0.05) is 0 Å². The van der Waals surface area contributed by atoms with Crippen molar-refractivity contribution in [3.8, 4) is 0 Å². The van der Waals surface area contributed by atoms with Gasteiger partial charge in [0, 0.05) is 11.3 Å². The molecular formula is C7H6NO. The van der Waals surface area contributed by atoms with Crippen LogP contribution in [0.2, 0.25) is 0 Å². The number of hydrogen-bond acceptors (Lipinski definition) is 2. The summed E-state index contributed by atoms with van der Waals surface area (Å²) in [6.07, 6.45) is 1.75. The lowest BCUT2D eigenvalue weighted by molar-refractivity contribution is 0.563. The third kappa shape index (κ3) is 1.29. The molecule has 1 radical (unpaired) electrons. The molecule has 0 saturated carbocycles. The molecule has 0 unspecified atom stereocenters. The fraction of sp³-hybridized carbons (Fsp3) is 0. The van der Waals surface area contributed by atoms with E-state index in [-0.39, 0.29) is 0 Å². The lowest BCUT2D eigenvalue weighted by Gasteiger charge is -1.89. The largest absolute Gasteiger partial charge is 0.399 e. The van der Waals surface area contributed by atoms with E-state index in [1.807, 2.05) is 0 Å². The lowest BCUT2D eigenvalue weighted by atomic mass is 10.2. The van der Waals surface area contributed by atoms with Gasteiger partial charge in [0.2, 0.25) is 6.29 Å². The fourth-order valence-corrected chi connectivity index (χ4v) is 0.551. The Kier molecular flexibility index (Phi) is 1.49. The van der Waals surface area contributed by atoms with Crippen LogP contribution in [-0.2, 0) is 4.79 Å². The average molecular weight is 120 g/mol. The first-order valence-corrected chi connectivity index (χ1v) is 2.56. The highest BCUT2D eigenvalue weighted by molar-refractivity contribution is 5.75. The van der Waals surface area contributed by atoms with Gasteiger partial charge in [-0.15, -0.1) is 0 Å². The van der Waals surface area contributed by atoms with Gasteiger partial charge in [-0.25, -0.2) is 0 Å². The Balaban J connectivity index is 3.01. The highest BCUT2D eigenvalue weighted by Crippen LogP contribution is 2.01. The second-order valence-corrected chi connectivity index (χ2v) is 1.72. The Morgan fingerprint density at radius 1 is 1.22 bits per heavy atom. The lowest BCUT2D eigenvalue weighted by Crippen LogP contribution is -1.84. The molecule has 0 atom stereocenters. The number of nitrogen functional groups attached to an aromatic ring is 1. The van der Waals surface area contributed by atoms with Crippen molar-refractivity contribution >= 4 is 12.0 Å². The predicted molar refractivity (Wildman–Crippen MR) is 35.6 cm³/mol. The number of hydrogen-bond donors (Lipinski definition) is 1. The van der Waals surface area contributed by atoms with Crippen molar-refractivity contribution < 1.29 is 4.79 Å². The second-order valence-electron chi connectivity index (χ2n) is 1.72. The number of benzene rings is 1. The molecule has 1 rings (SSSR count). The van der Waals surface area contributed by atoms with Crippen LogP contribution in [-0.4, -0.2) is 6.29 Å². The minimum absolute atomic E-state index is 0.532. The third-order valence-electron chi connectivity index (χ3n) is 1.03. The van der Waals surface area contributed by atoms with E-state index >= 15 is 0 Å². The molecule has 1 aromatic carbocycles. The zero-order chi connectivity index (χ0) is 6.69. The van der Waals surface area contributed by atoms with Gasteiger partial charge in [0.1, 0.15) is 0 Å². The third-order valence-corrected chi connectivity index (χ3v) is 1.03. The molecule has 0 aliphatic heterocycles. The molecule has 0 aliphatic carbocycles. The van der Waals surface area contributed by atoms with Gasteiger partial charge in [-0.2, -0.15) is 0 Å². The van der Waals surface area contributed by atoms with Gasteiger partial charge < -0.3 is 5.73 Å². The van der Waals surface area contributed by atoms with Gasteiger partial charge >= 0.3 is 0 Å². The maximum Gasteiger partial charge on any atom is 0.233 e. The molecule has 0 spiro atoms. The SMILES string of the molecule is Nc1ccc([C]=O)cc1. The Labute approximate surface area is 53.3 Å². The van der Waals surface area contributed by atoms with E-state index in [4.69, 9.17) is 5.73 Å². The average Bonchev–Trinajstić information content (AvgIpc) is 1.90. The van der Waals surface area contributed by atoms with Crippen molar-refractivity contribution in [1.29, 1.82) is 0 Å². The molecule has 0 heterocycles. The smallest absolute Gasteiger partial charge is 0.233 e. The quantitative estimate of drug-likeness (QED) is 0.555. The summed E-state index contributed by atoms with van der Waals surface area (Å²) in [5.74, 6) is 0. The van der Waals surface area contributed by atoms with Gasteiger partial charge in [-0.05, 0) is 24.3 Å². The Bertz CT molecular complexity index is 203. The highest BCUT2D eigenvalue weighted by atomic mass is 16.1. The van der Waals surface area contributed by atoms with Crippen LogP contribution >= 0.6 is 0 Å². The summed E-state index contributed by atoms with van der Waals surface area (Å²) in [5.41, 5.74) is 6.54. The molecule has 0 fully saturated rings. The minimum Gasteiger partial charge on any atom is -0.399 e. The van der Waals surface area contributed by atoms with E-state index in [1.165, 1.54) is 0 Å². The van der Waals surface area contributed by atoms with Gasteiger partial charge in [0.15, 0.2) is 0 Å². The Morgan fingerprint density at radius 3 is 2.22 bits per heavy atom. The van der Waals surface area contributed by atoms with Crippen LogP contribution in [0.25, 0.3) is 0 Å². The standard InChI is InChI=1S/C7H6NO/c8-7-3-1-6(5-9)2-4-7/h1-4H,8H2. The number of carbonyl (C=O) groups excluding carboxylic acids is 1. The van der Waals surface area contributed by atoms with Crippen molar-refractivity contribution in [2.45, 2.75) is 0 Å². The summed E-state index contributed by atoms with van der Waals surface area (Å²) < 4.78 is 0. The molecule has 2 nitrogen and oxygen atoms in total. The van der Waals surface area contributed by atoms with Crippen LogP contribution in [0, 0.1) is 0 Å². The maximum atomic E-state index is 9.95. The minimum atomic E-state index is 0.532. The summed E-state index contributed by atoms with van der Waals surface area (Å²) in [5, 5.41) is 0. The maximum absolute atomic E-state index is 9.95. The van der Waals surface area contributed by atoms with E-state index in [0.717, 1.165) is 0 Å². The van der Waals surface area contributed by atoms with Crippen LogP contribution in [0.4, 0.5) is 5.69 Å². The molecule has 0 saturated heterocycles. The summed E-state index contributed by atoms with van der Waals surface area (Å²) in [6, 6.07) is 6.59. The normalized spacial score (nSPS) is 8.89. The summed E-state index contributed by atoms with van der Waals surface area (Å²) in [7, 11) is 0. The van der Waals surface area contributed by atoms with Crippen molar-refractivity contribution in [1.82, 2.24) is 0 Å². The number of nitrogens with two attached hydrogens (primary N) is 1. The molecule has 2 heteroatoms. The molecule has 45 valence electrons. The van der Waals surface area contributed by atoms with E-state index in [2.05, 4.69) is 0 Å². The van der Waals surface area contributed by atoms with E-state index in [1.54, 1.807) is 30.6 Å². The molecule has 0 aliphatic rings. The molecule has 1 aromatic rings. The number of rotatable bonds is 1. The Hall–Kier alpha value is -1.31. The summed E-state index contributed by atoms with van der Waals surface area (Å²) in [6.45, 7) is 0. The fourth-order valence-electron chi connectivity index (χ4n) is 0.551. The first-order chi connectivity index (χ1) is 4.33. The monoisotopic (exact) mass is 120 g/mol. The van der Waals surface area contributed by atoms with Crippen molar-refractivity contribution in [2.24, 2.45) is 0 Å². The molecule has 0 aromatic heterocycles. The molecule has 0 amide bonds. The van der Waals surface area contributed by atoms with Gasteiger partial charge in [0.05, 0.1) is 0 Å². The van der Waals surface area contributed by atoms with Gasteiger partial charge in [-0.3, -0.25) is 4.79 Å². The molecule has 9 heavy (non-hydrogen) atoms. The zero-order valence-corrected chi connectivity index (χ0v) is 4.79. The predicted octanol–water partition coefficient (Wildman–Crippen LogP) is 0.727. The summed E-state index contributed by atoms with van der Waals surface area (Å²) >= 11 is 0. The zero-order valence-electron chi connectivity index (χ0n) is 4.79. The second kappa shape index (κ2) is 2.31. The van der Waals surface area contributed by atoms with Crippen molar-refractivity contribution in [2.75, 3.05) is 5.73 Å². The van der Waals surface area contributed by atoms with Crippen molar-refractivity contribution in [3.05, 3.63) is 29.8 Å². The van der Waals surface area contributed by atoms with Crippen LogP contribution in [0.15, 0.2) is 24.3 Å². The highest BCUT2D eigenvalue weighted by Gasteiger charge is 1.86. The first-order valence-electron chi connectivity index (χ1n) is 2.56. The van der Waals surface area contributed by atoms with Crippen LogP contribution in [0.1, 0.15) is 5.56 Å². The Morgan fingerprint density at radius 2 is 1.78 bits per heavy atom.